The minimum absolute atomic E-state index is 0.130. The number of aliphatic hydroxyl groups is 1. The second-order valence-corrected chi connectivity index (χ2v) is 6.18. The van der Waals surface area contributed by atoms with E-state index in [9.17, 15) is 5.11 Å². The van der Waals surface area contributed by atoms with Gasteiger partial charge in [0, 0.05) is 6.04 Å². The first-order valence-electron chi connectivity index (χ1n) is 8.00. The maximum atomic E-state index is 9.94. The standard InChI is InChI=1S/C17H25NO3/c1-2-20-15-5-3-4-6-16(15)21-12-17(11-19,13-7-8-13)18-14-9-10-14/h3-6,13-14,18-19H,2,7-12H2,1H3. The second-order valence-electron chi connectivity index (χ2n) is 6.18. The molecule has 2 aliphatic carbocycles. The van der Waals surface area contributed by atoms with Crippen LogP contribution in [0.25, 0.3) is 0 Å². The Bertz CT molecular complexity index is 471. The van der Waals surface area contributed by atoms with E-state index in [1.807, 2.05) is 31.2 Å². The molecule has 0 aromatic heterocycles. The minimum atomic E-state index is -0.291. The van der Waals surface area contributed by atoms with Crippen LogP contribution in [0.5, 0.6) is 11.5 Å². The van der Waals surface area contributed by atoms with Crippen LogP contribution in [0.15, 0.2) is 24.3 Å². The van der Waals surface area contributed by atoms with Crippen molar-refractivity contribution >= 4 is 0 Å². The van der Waals surface area contributed by atoms with Gasteiger partial charge in [-0.25, -0.2) is 0 Å². The summed E-state index contributed by atoms with van der Waals surface area (Å²) in [4.78, 5) is 0. The van der Waals surface area contributed by atoms with E-state index in [1.165, 1.54) is 25.7 Å². The van der Waals surface area contributed by atoms with Gasteiger partial charge in [0.05, 0.1) is 18.8 Å². The SMILES string of the molecule is CCOc1ccccc1OCC(CO)(NC1CC1)C1CC1. The molecular formula is C17H25NO3. The second kappa shape index (κ2) is 6.24. The summed E-state index contributed by atoms with van der Waals surface area (Å²) in [7, 11) is 0. The van der Waals surface area contributed by atoms with Crippen molar-refractivity contribution in [3.8, 4) is 11.5 Å². The summed E-state index contributed by atoms with van der Waals surface area (Å²) in [5.41, 5.74) is -0.291. The van der Waals surface area contributed by atoms with Crippen molar-refractivity contribution < 1.29 is 14.6 Å². The third-order valence-corrected chi connectivity index (χ3v) is 4.34. The zero-order chi connectivity index (χ0) is 14.7. The lowest BCUT2D eigenvalue weighted by Crippen LogP contribution is -2.56. The highest BCUT2D eigenvalue weighted by Gasteiger charge is 2.48. The van der Waals surface area contributed by atoms with Crippen LogP contribution in [0.1, 0.15) is 32.6 Å². The summed E-state index contributed by atoms with van der Waals surface area (Å²) in [6.07, 6.45) is 4.78. The molecule has 0 spiro atoms. The Balaban J connectivity index is 1.68. The Morgan fingerprint density at radius 3 is 2.33 bits per heavy atom. The summed E-state index contributed by atoms with van der Waals surface area (Å²) in [6.45, 7) is 3.21. The zero-order valence-electron chi connectivity index (χ0n) is 12.7. The van der Waals surface area contributed by atoms with E-state index in [-0.39, 0.29) is 12.1 Å². The normalized spacial score (nSPS) is 20.9. The summed E-state index contributed by atoms with van der Waals surface area (Å²) >= 11 is 0. The molecule has 0 amide bonds. The lowest BCUT2D eigenvalue weighted by Gasteiger charge is -2.33. The number of rotatable bonds is 9. The maximum absolute atomic E-state index is 9.94. The molecule has 0 aliphatic heterocycles. The van der Waals surface area contributed by atoms with E-state index in [0.717, 1.165) is 11.5 Å². The molecule has 2 fully saturated rings. The number of hydrogen-bond acceptors (Lipinski definition) is 4. The highest BCUT2D eigenvalue weighted by molar-refractivity contribution is 5.39. The molecule has 1 unspecified atom stereocenters. The molecule has 0 heterocycles. The molecule has 1 aromatic rings. The Morgan fingerprint density at radius 2 is 1.81 bits per heavy atom. The fraction of sp³-hybridized carbons (Fsp3) is 0.647. The highest BCUT2D eigenvalue weighted by Crippen LogP contribution is 2.42. The number of aliphatic hydroxyl groups excluding tert-OH is 1. The van der Waals surface area contributed by atoms with Crippen LogP contribution < -0.4 is 14.8 Å². The van der Waals surface area contributed by atoms with E-state index >= 15 is 0 Å². The van der Waals surface area contributed by atoms with E-state index in [2.05, 4.69) is 5.32 Å². The molecule has 0 bridgehead atoms. The van der Waals surface area contributed by atoms with Gasteiger partial charge in [0.1, 0.15) is 6.61 Å². The van der Waals surface area contributed by atoms with Gasteiger partial charge < -0.3 is 19.9 Å². The van der Waals surface area contributed by atoms with Gasteiger partial charge in [-0.1, -0.05) is 12.1 Å². The maximum Gasteiger partial charge on any atom is 0.161 e. The highest BCUT2D eigenvalue weighted by atomic mass is 16.5. The van der Waals surface area contributed by atoms with Crippen LogP contribution >= 0.6 is 0 Å². The summed E-state index contributed by atoms with van der Waals surface area (Å²) in [6, 6.07) is 8.30. The van der Waals surface area contributed by atoms with E-state index in [0.29, 0.717) is 25.2 Å². The van der Waals surface area contributed by atoms with Gasteiger partial charge in [-0.3, -0.25) is 0 Å². The Labute approximate surface area is 126 Å². The van der Waals surface area contributed by atoms with Crippen LogP contribution in [0.2, 0.25) is 0 Å². The molecule has 0 saturated heterocycles. The lowest BCUT2D eigenvalue weighted by atomic mass is 9.95. The number of para-hydroxylation sites is 2. The first-order valence-corrected chi connectivity index (χ1v) is 8.00. The molecular weight excluding hydrogens is 266 g/mol. The van der Waals surface area contributed by atoms with Crippen molar-refractivity contribution in [2.75, 3.05) is 19.8 Å². The van der Waals surface area contributed by atoms with Crippen molar-refractivity contribution in [2.45, 2.75) is 44.2 Å². The van der Waals surface area contributed by atoms with Gasteiger partial charge >= 0.3 is 0 Å². The van der Waals surface area contributed by atoms with Gasteiger partial charge in [-0.05, 0) is 50.7 Å². The molecule has 2 N–H and O–H groups in total. The van der Waals surface area contributed by atoms with Gasteiger partial charge in [-0.2, -0.15) is 0 Å². The molecule has 1 aromatic carbocycles. The van der Waals surface area contributed by atoms with Crippen LogP contribution in [0.3, 0.4) is 0 Å². The molecule has 0 radical (unpaired) electrons. The zero-order valence-corrected chi connectivity index (χ0v) is 12.7. The van der Waals surface area contributed by atoms with Gasteiger partial charge in [0.2, 0.25) is 0 Å². The van der Waals surface area contributed by atoms with E-state index in [4.69, 9.17) is 9.47 Å². The van der Waals surface area contributed by atoms with E-state index < -0.39 is 0 Å². The Kier molecular flexibility index (Phi) is 4.36. The summed E-state index contributed by atoms with van der Waals surface area (Å²) in [5.74, 6) is 2.06. The number of nitrogens with one attached hydrogen (secondary N) is 1. The Hall–Kier alpha value is -1.26. The van der Waals surface area contributed by atoms with Crippen LogP contribution in [0.4, 0.5) is 0 Å². The monoisotopic (exact) mass is 291 g/mol. The smallest absolute Gasteiger partial charge is 0.161 e. The third kappa shape index (κ3) is 3.50. The molecule has 3 rings (SSSR count). The van der Waals surface area contributed by atoms with Gasteiger partial charge in [0.25, 0.3) is 0 Å². The van der Waals surface area contributed by atoms with Crippen LogP contribution in [-0.4, -0.2) is 36.5 Å². The topological polar surface area (TPSA) is 50.7 Å². The van der Waals surface area contributed by atoms with Crippen molar-refractivity contribution in [3.05, 3.63) is 24.3 Å². The number of benzene rings is 1. The molecule has 21 heavy (non-hydrogen) atoms. The first-order chi connectivity index (χ1) is 10.3. The molecule has 4 nitrogen and oxygen atoms in total. The van der Waals surface area contributed by atoms with Crippen molar-refractivity contribution in [2.24, 2.45) is 5.92 Å². The fourth-order valence-corrected chi connectivity index (χ4v) is 2.82. The molecule has 116 valence electrons. The van der Waals surface area contributed by atoms with Crippen molar-refractivity contribution in [1.82, 2.24) is 5.32 Å². The van der Waals surface area contributed by atoms with Crippen LogP contribution in [0, 0.1) is 5.92 Å². The van der Waals surface area contributed by atoms with Gasteiger partial charge in [0.15, 0.2) is 11.5 Å². The van der Waals surface area contributed by atoms with Crippen LogP contribution in [-0.2, 0) is 0 Å². The molecule has 2 aliphatic rings. The lowest BCUT2D eigenvalue weighted by molar-refractivity contribution is 0.0815. The fourth-order valence-electron chi connectivity index (χ4n) is 2.82. The molecule has 1 atom stereocenters. The summed E-state index contributed by atoms with van der Waals surface area (Å²) < 4.78 is 11.6. The molecule has 4 heteroatoms. The third-order valence-electron chi connectivity index (χ3n) is 4.34. The molecule has 2 saturated carbocycles. The number of ether oxygens (including phenoxy) is 2. The van der Waals surface area contributed by atoms with Crippen molar-refractivity contribution in [1.29, 1.82) is 0 Å². The van der Waals surface area contributed by atoms with Gasteiger partial charge in [-0.15, -0.1) is 0 Å². The average Bonchev–Trinajstić information content (AvgIpc) is 3.38. The first kappa shape index (κ1) is 14.7. The Morgan fingerprint density at radius 1 is 1.14 bits per heavy atom. The predicted octanol–water partition coefficient (Wildman–Crippen LogP) is 2.36. The largest absolute Gasteiger partial charge is 0.490 e. The predicted molar refractivity (Wildman–Crippen MR) is 81.8 cm³/mol. The quantitative estimate of drug-likeness (QED) is 0.733. The number of hydrogen-bond donors (Lipinski definition) is 2. The average molecular weight is 291 g/mol. The minimum Gasteiger partial charge on any atom is -0.490 e. The van der Waals surface area contributed by atoms with Crippen molar-refractivity contribution in [3.63, 3.8) is 0 Å². The van der Waals surface area contributed by atoms with E-state index in [1.54, 1.807) is 0 Å². The summed E-state index contributed by atoms with van der Waals surface area (Å²) in [5, 5.41) is 13.6.